The molecule has 3 aromatic heterocycles. The van der Waals surface area contributed by atoms with E-state index in [0.717, 1.165) is 85.1 Å². The topological polar surface area (TPSA) is 142 Å². The maximum absolute atomic E-state index is 11.4. The Kier molecular flexibility index (Phi) is 10.6. The molecule has 2 aliphatic heterocycles. The normalized spacial score (nSPS) is 14.7. The summed E-state index contributed by atoms with van der Waals surface area (Å²) in [5.74, 6) is 0.671. The number of amides is 2. The van der Waals surface area contributed by atoms with Crippen molar-refractivity contribution in [2.45, 2.75) is 78.4 Å². The van der Waals surface area contributed by atoms with Crippen molar-refractivity contribution in [2.75, 3.05) is 26.2 Å². The van der Waals surface area contributed by atoms with E-state index < -0.39 is 0 Å². The Morgan fingerprint density at radius 2 is 1.15 bits per heavy atom. The van der Waals surface area contributed by atoms with Gasteiger partial charge in [0.15, 0.2) is 11.5 Å². The van der Waals surface area contributed by atoms with Crippen molar-refractivity contribution < 1.29 is 19.1 Å². The third kappa shape index (κ3) is 9.52. The molecule has 7 rings (SSSR count). The molecule has 2 aliphatic rings. The first-order valence-corrected chi connectivity index (χ1v) is 16.5. The number of rotatable bonds is 2. The SMILES string of the molecule is CC(C)(C)OC(=O)N1CCCC1.CC(C)(C)OC(=O)N1CCCC1.c1nc2ccc(-c3ccc(-c4ncc5[nH]cnc5n4)cc3)cc2[nH]1. The van der Waals surface area contributed by atoms with Crippen LogP contribution in [0.2, 0.25) is 0 Å². The summed E-state index contributed by atoms with van der Waals surface area (Å²) in [5.41, 5.74) is 6.03. The van der Waals surface area contributed by atoms with E-state index in [1.165, 1.54) is 0 Å². The molecule has 2 fully saturated rings. The highest BCUT2D eigenvalue weighted by molar-refractivity contribution is 5.82. The first kappa shape index (κ1) is 34.3. The quantitative estimate of drug-likeness (QED) is 0.198. The number of hydrogen-bond donors (Lipinski definition) is 2. The molecular weight excluding hydrogens is 608 g/mol. The van der Waals surface area contributed by atoms with E-state index in [9.17, 15) is 9.59 Å². The van der Waals surface area contributed by atoms with E-state index in [2.05, 4.69) is 54.2 Å². The summed E-state index contributed by atoms with van der Waals surface area (Å²) in [6.07, 6.45) is 9.19. The summed E-state index contributed by atoms with van der Waals surface area (Å²) in [5, 5.41) is 0. The maximum Gasteiger partial charge on any atom is 0.410 e. The van der Waals surface area contributed by atoms with Crippen molar-refractivity contribution in [3.8, 4) is 22.5 Å². The lowest BCUT2D eigenvalue weighted by Gasteiger charge is -2.23. The summed E-state index contributed by atoms with van der Waals surface area (Å²) < 4.78 is 10.4. The summed E-state index contributed by atoms with van der Waals surface area (Å²) in [4.78, 5) is 49.7. The zero-order valence-electron chi connectivity index (χ0n) is 28.7. The molecular formula is C36H46N8O4. The van der Waals surface area contributed by atoms with Crippen LogP contribution in [0.4, 0.5) is 9.59 Å². The van der Waals surface area contributed by atoms with E-state index >= 15 is 0 Å². The minimum absolute atomic E-state index is 0.167. The molecule has 12 nitrogen and oxygen atoms in total. The van der Waals surface area contributed by atoms with Crippen LogP contribution < -0.4 is 0 Å². The lowest BCUT2D eigenvalue weighted by Crippen LogP contribution is -2.34. The first-order valence-electron chi connectivity index (χ1n) is 16.5. The van der Waals surface area contributed by atoms with Gasteiger partial charge in [-0.15, -0.1) is 0 Å². The minimum Gasteiger partial charge on any atom is -0.444 e. The number of imidazole rings is 2. The molecule has 2 saturated heterocycles. The molecule has 2 N–H and O–H groups in total. The smallest absolute Gasteiger partial charge is 0.410 e. The highest BCUT2D eigenvalue weighted by atomic mass is 16.6. The van der Waals surface area contributed by atoms with Gasteiger partial charge < -0.3 is 29.2 Å². The van der Waals surface area contributed by atoms with Gasteiger partial charge in [0, 0.05) is 31.7 Å². The van der Waals surface area contributed by atoms with Crippen molar-refractivity contribution in [1.82, 2.24) is 39.7 Å². The second-order valence-corrected chi connectivity index (χ2v) is 13.9. The molecule has 5 aromatic rings. The molecule has 0 unspecified atom stereocenters. The van der Waals surface area contributed by atoms with Crippen LogP contribution in [0.3, 0.4) is 0 Å². The lowest BCUT2D eigenvalue weighted by molar-refractivity contribution is 0.0284. The van der Waals surface area contributed by atoms with Gasteiger partial charge >= 0.3 is 12.2 Å². The highest BCUT2D eigenvalue weighted by Gasteiger charge is 2.25. The monoisotopic (exact) mass is 654 g/mol. The number of carbonyl (C=O) groups excluding carboxylic acids is 2. The molecule has 0 spiro atoms. The minimum atomic E-state index is -0.361. The Hall–Kier alpha value is -5.00. The van der Waals surface area contributed by atoms with Gasteiger partial charge in [-0.1, -0.05) is 30.3 Å². The van der Waals surface area contributed by atoms with E-state index in [4.69, 9.17) is 9.47 Å². The average molecular weight is 655 g/mol. The lowest BCUT2D eigenvalue weighted by atomic mass is 10.0. The maximum atomic E-state index is 11.4. The number of benzene rings is 2. The van der Waals surface area contributed by atoms with Crippen LogP contribution in [0.25, 0.3) is 44.7 Å². The van der Waals surface area contributed by atoms with E-state index in [1.54, 1.807) is 28.7 Å². The first-order chi connectivity index (χ1) is 22.8. The van der Waals surface area contributed by atoms with Crippen LogP contribution >= 0.6 is 0 Å². The van der Waals surface area contributed by atoms with E-state index in [1.807, 2.05) is 59.7 Å². The van der Waals surface area contributed by atoms with Crippen molar-refractivity contribution >= 4 is 34.4 Å². The number of aromatic amines is 2. The van der Waals surface area contributed by atoms with Gasteiger partial charge in [-0.05, 0) is 90.5 Å². The molecule has 12 heteroatoms. The molecule has 5 heterocycles. The van der Waals surface area contributed by atoms with Gasteiger partial charge in [-0.2, -0.15) is 0 Å². The van der Waals surface area contributed by atoms with Crippen molar-refractivity contribution in [3.63, 3.8) is 0 Å². The predicted octanol–water partition coefficient (Wildman–Crippen LogP) is 7.60. The zero-order valence-corrected chi connectivity index (χ0v) is 28.7. The van der Waals surface area contributed by atoms with E-state index in [-0.39, 0.29) is 23.4 Å². The molecule has 254 valence electrons. The Bertz CT molecular complexity index is 1670. The molecule has 48 heavy (non-hydrogen) atoms. The van der Waals surface area contributed by atoms with Gasteiger partial charge in [-0.3, -0.25) is 0 Å². The summed E-state index contributed by atoms with van der Waals surface area (Å²) in [6, 6.07) is 14.4. The number of nitrogens with one attached hydrogen (secondary N) is 2. The molecule has 0 aliphatic carbocycles. The number of likely N-dealkylation sites (tertiary alicyclic amines) is 2. The van der Waals surface area contributed by atoms with Gasteiger partial charge in [0.05, 0.1) is 29.9 Å². The molecule has 0 bridgehead atoms. The number of hydrogen-bond acceptors (Lipinski definition) is 8. The second kappa shape index (κ2) is 14.8. The Morgan fingerprint density at radius 3 is 1.71 bits per heavy atom. The standard InChI is InChI=1S/C18H12N6.2C9H17NO2/c1-3-12(17-19-8-16-18(24-17)23-10-22-16)4-2-11(1)13-5-6-14-15(7-13)21-9-20-14;2*1-9(2,3)12-8(11)10-6-4-5-7-10/h1-10H,(H,20,21)(H,19,22,23,24);2*4-7H2,1-3H3. The third-order valence-corrected chi connectivity index (χ3v) is 7.59. The molecule has 2 amide bonds. The zero-order chi connectivity index (χ0) is 34.3. The summed E-state index contributed by atoms with van der Waals surface area (Å²) >= 11 is 0. The van der Waals surface area contributed by atoms with Crippen molar-refractivity contribution in [2.24, 2.45) is 0 Å². The number of H-pyrrole nitrogens is 2. The van der Waals surface area contributed by atoms with Crippen LogP contribution in [0, 0.1) is 0 Å². The highest BCUT2D eigenvalue weighted by Crippen LogP contribution is 2.26. The molecule has 0 radical (unpaired) electrons. The fourth-order valence-electron chi connectivity index (χ4n) is 5.25. The summed E-state index contributed by atoms with van der Waals surface area (Å²) in [6.45, 7) is 14.8. The van der Waals surface area contributed by atoms with Crippen molar-refractivity contribution in [1.29, 1.82) is 0 Å². The van der Waals surface area contributed by atoms with Gasteiger partial charge in [-0.25, -0.2) is 29.5 Å². The van der Waals surface area contributed by atoms with E-state index in [0.29, 0.717) is 11.5 Å². The fourth-order valence-corrected chi connectivity index (χ4v) is 5.25. The summed E-state index contributed by atoms with van der Waals surface area (Å²) in [7, 11) is 0. The van der Waals surface area contributed by atoms with Crippen LogP contribution in [-0.2, 0) is 9.47 Å². The van der Waals surface area contributed by atoms with Gasteiger partial charge in [0.25, 0.3) is 0 Å². The van der Waals surface area contributed by atoms with Crippen LogP contribution in [0.1, 0.15) is 67.2 Å². The Labute approximate surface area is 281 Å². The average Bonchev–Trinajstić information content (AvgIpc) is 3.87. The predicted molar refractivity (Wildman–Crippen MR) is 186 cm³/mol. The number of aromatic nitrogens is 6. The molecule has 0 atom stereocenters. The number of fused-ring (bicyclic) bond motifs is 2. The third-order valence-electron chi connectivity index (χ3n) is 7.59. The second-order valence-electron chi connectivity index (χ2n) is 13.9. The molecule has 2 aromatic carbocycles. The number of carbonyl (C=O) groups is 2. The van der Waals surface area contributed by atoms with Crippen LogP contribution in [-0.4, -0.2) is 89.3 Å². The van der Waals surface area contributed by atoms with Crippen LogP contribution in [0.5, 0.6) is 0 Å². The molecule has 0 saturated carbocycles. The van der Waals surface area contributed by atoms with Crippen molar-refractivity contribution in [3.05, 3.63) is 61.3 Å². The Morgan fingerprint density at radius 1 is 0.646 bits per heavy atom. The van der Waals surface area contributed by atoms with Gasteiger partial charge in [0.1, 0.15) is 16.7 Å². The number of nitrogens with zero attached hydrogens (tertiary/aromatic N) is 6. The largest absolute Gasteiger partial charge is 0.444 e. The fraction of sp³-hybridized carbons (Fsp3) is 0.444. The Balaban J connectivity index is 0.000000159. The number of ether oxygens (including phenoxy) is 2. The van der Waals surface area contributed by atoms with Crippen LogP contribution in [0.15, 0.2) is 61.3 Å². The van der Waals surface area contributed by atoms with Gasteiger partial charge in [0.2, 0.25) is 0 Å².